The fourth-order valence-corrected chi connectivity index (χ4v) is 1.94. The van der Waals surface area contributed by atoms with Crippen LogP contribution in [0.5, 0.6) is 0 Å². The van der Waals surface area contributed by atoms with Crippen LogP contribution >= 0.6 is 11.6 Å². The Balaban J connectivity index is 2.54. The van der Waals surface area contributed by atoms with Gasteiger partial charge in [0.2, 0.25) is 0 Å². The summed E-state index contributed by atoms with van der Waals surface area (Å²) >= 11 is 5.91. The van der Waals surface area contributed by atoms with Crippen molar-refractivity contribution in [1.29, 1.82) is 0 Å². The Bertz CT molecular complexity index is 662. The number of halogens is 2. The summed E-state index contributed by atoms with van der Waals surface area (Å²) in [5.41, 5.74) is 1.03. The van der Waals surface area contributed by atoms with E-state index in [0.29, 0.717) is 23.5 Å². The number of hydrogen-bond donors (Lipinski definition) is 0. The molecule has 0 saturated heterocycles. The number of hydrogen-bond acceptors (Lipinski definition) is 4. The van der Waals surface area contributed by atoms with Crippen LogP contribution in [0.3, 0.4) is 0 Å². The van der Waals surface area contributed by atoms with Gasteiger partial charge in [0.05, 0.1) is 18.4 Å². The zero-order valence-corrected chi connectivity index (χ0v) is 11.7. The second-order valence-corrected chi connectivity index (χ2v) is 4.45. The standard InChI is InChI=1S/C14H12ClFN2O2/c1-3-13-17-11(7-12(15)18-13)8-4-9(14(19)20-2)6-10(16)5-8/h4-7H,3H2,1-2H3. The largest absolute Gasteiger partial charge is 0.465 e. The van der Waals surface area contributed by atoms with Gasteiger partial charge in [-0.05, 0) is 18.2 Å². The van der Waals surface area contributed by atoms with Gasteiger partial charge in [0, 0.05) is 18.1 Å². The maximum Gasteiger partial charge on any atom is 0.337 e. The van der Waals surface area contributed by atoms with Crippen LogP contribution in [0.15, 0.2) is 24.3 Å². The molecule has 0 N–H and O–H groups in total. The molecule has 0 bridgehead atoms. The van der Waals surface area contributed by atoms with Gasteiger partial charge in [-0.3, -0.25) is 0 Å². The molecule has 0 unspecified atom stereocenters. The van der Waals surface area contributed by atoms with Gasteiger partial charge < -0.3 is 4.74 Å². The molecular weight excluding hydrogens is 283 g/mol. The van der Waals surface area contributed by atoms with Gasteiger partial charge in [0.1, 0.15) is 16.8 Å². The van der Waals surface area contributed by atoms with Gasteiger partial charge in [0.25, 0.3) is 0 Å². The highest BCUT2D eigenvalue weighted by atomic mass is 35.5. The van der Waals surface area contributed by atoms with E-state index >= 15 is 0 Å². The maximum atomic E-state index is 13.6. The molecule has 0 fully saturated rings. The Kier molecular flexibility index (Phi) is 4.29. The lowest BCUT2D eigenvalue weighted by Crippen LogP contribution is -2.03. The number of benzene rings is 1. The van der Waals surface area contributed by atoms with Gasteiger partial charge in [-0.2, -0.15) is 0 Å². The number of aryl methyl sites for hydroxylation is 1. The molecule has 0 aliphatic heterocycles. The van der Waals surface area contributed by atoms with Gasteiger partial charge in [0.15, 0.2) is 0 Å². The summed E-state index contributed by atoms with van der Waals surface area (Å²) in [5.74, 6) is -0.603. The Hall–Kier alpha value is -2.01. The first-order valence-electron chi connectivity index (χ1n) is 5.96. The predicted molar refractivity (Wildman–Crippen MR) is 73.2 cm³/mol. The molecular formula is C14H12ClFN2O2. The fourth-order valence-electron chi connectivity index (χ4n) is 1.74. The van der Waals surface area contributed by atoms with Crippen molar-refractivity contribution < 1.29 is 13.9 Å². The summed E-state index contributed by atoms with van der Waals surface area (Å²) in [4.78, 5) is 19.8. The predicted octanol–water partition coefficient (Wildman–Crippen LogP) is 3.29. The van der Waals surface area contributed by atoms with Gasteiger partial charge in [-0.1, -0.05) is 18.5 Å². The number of esters is 1. The molecule has 2 aromatic rings. The third-order valence-corrected chi connectivity index (χ3v) is 2.87. The molecule has 0 saturated carbocycles. The van der Waals surface area contributed by atoms with E-state index in [9.17, 15) is 9.18 Å². The highest BCUT2D eigenvalue weighted by Crippen LogP contribution is 2.23. The lowest BCUT2D eigenvalue weighted by molar-refractivity contribution is 0.0600. The molecule has 0 aliphatic rings. The summed E-state index contributed by atoms with van der Waals surface area (Å²) < 4.78 is 18.2. The van der Waals surface area contributed by atoms with Crippen LogP contribution < -0.4 is 0 Å². The summed E-state index contributed by atoms with van der Waals surface area (Å²) in [7, 11) is 1.24. The molecule has 0 amide bonds. The minimum absolute atomic E-state index is 0.121. The number of nitrogens with zero attached hydrogens (tertiary/aromatic N) is 2. The van der Waals surface area contributed by atoms with E-state index in [2.05, 4.69) is 14.7 Å². The lowest BCUT2D eigenvalue weighted by atomic mass is 10.1. The van der Waals surface area contributed by atoms with E-state index in [1.165, 1.54) is 25.3 Å². The molecule has 0 spiro atoms. The molecule has 1 heterocycles. The van der Waals surface area contributed by atoms with Crippen LogP contribution in [0, 0.1) is 5.82 Å². The van der Waals surface area contributed by atoms with E-state index in [1.807, 2.05) is 6.92 Å². The quantitative estimate of drug-likeness (QED) is 0.644. The first kappa shape index (κ1) is 14.4. The molecule has 0 radical (unpaired) electrons. The summed E-state index contributed by atoms with van der Waals surface area (Å²) in [5, 5.41) is 0.274. The van der Waals surface area contributed by atoms with Crippen LogP contribution in [0.2, 0.25) is 5.15 Å². The summed E-state index contributed by atoms with van der Waals surface area (Å²) in [6.07, 6.45) is 0.604. The van der Waals surface area contributed by atoms with Gasteiger partial charge in [-0.15, -0.1) is 0 Å². The second-order valence-electron chi connectivity index (χ2n) is 4.07. The third-order valence-electron chi connectivity index (χ3n) is 2.67. The summed E-state index contributed by atoms with van der Waals surface area (Å²) in [6.45, 7) is 1.89. The van der Waals surface area contributed by atoms with Gasteiger partial charge >= 0.3 is 5.97 Å². The number of rotatable bonds is 3. The van der Waals surface area contributed by atoms with Crippen molar-refractivity contribution >= 4 is 17.6 Å². The second kappa shape index (κ2) is 5.96. The van der Waals surface area contributed by atoms with Crippen LogP contribution in [0.25, 0.3) is 11.3 Å². The molecule has 1 aromatic carbocycles. The van der Waals surface area contributed by atoms with Crippen molar-refractivity contribution in [3.63, 3.8) is 0 Å². The van der Waals surface area contributed by atoms with Crippen LogP contribution in [0.1, 0.15) is 23.1 Å². The zero-order valence-electron chi connectivity index (χ0n) is 11.0. The van der Waals surface area contributed by atoms with Crippen molar-refractivity contribution in [2.24, 2.45) is 0 Å². The van der Waals surface area contributed by atoms with Gasteiger partial charge in [-0.25, -0.2) is 19.2 Å². The van der Waals surface area contributed by atoms with Crippen molar-refractivity contribution in [3.05, 3.63) is 46.6 Å². The summed E-state index contributed by atoms with van der Waals surface area (Å²) in [6, 6.07) is 5.42. The molecule has 20 heavy (non-hydrogen) atoms. The van der Waals surface area contributed by atoms with E-state index in [-0.39, 0.29) is 10.7 Å². The fraction of sp³-hybridized carbons (Fsp3) is 0.214. The van der Waals surface area contributed by atoms with Crippen molar-refractivity contribution in [1.82, 2.24) is 9.97 Å². The topological polar surface area (TPSA) is 52.1 Å². The molecule has 0 aliphatic carbocycles. The molecule has 2 rings (SSSR count). The van der Waals surface area contributed by atoms with Crippen LogP contribution in [-0.2, 0) is 11.2 Å². The number of methoxy groups -OCH3 is 1. The van der Waals surface area contributed by atoms with Crippen LogP contribution in [-0.4, -0.2) is 23.0 Å². The normalized spacial score (nSPS) is 10.4. The number of carbonyl (C=O) groups is 1. The molecule has 6 heteroatoms. The van der Waals surface area contributed by atoms with E-state index in [0.717, 1.165) is 6.07 Å². The monoisotopic (exact) mass is 294 g/mol. The van der Waals surface area contributed by atoms with Crippen molar-refractivity contribution in [3.8, 4) is 11.3 Å². The Labute approximate surface area is 120 Å². The highest BCUT2D eigenvalue weighted by molar-refractivity contribution is 6.29. The Morgan fingerprint density at radius 1 is 1.30 bits per heavy atom. The van der Waals surface area contributed by atoms with Crippen molar-refractivity contribution in [2.45, 2.75) is 13.3 Å². The minimum atomic E-state index is -0.610. The number of carbonyl (C=O) groups excluding carboxylic acids is 1. The molecule has 4 nitrogen and oxygen atoms in total. The number of aromatic nitrogens is 2. The molecule has 0 atom stereocenters. The van der Waals surface area contributed by atoms with Crippen LogP contribution in [0.4, 0.5) is 4.39 Å². The lowest BCUT2D eigenvalue weighted by Gasteiger charge is -2.06. The average Bonchev–Trinajstić information content (AvgIpc) is 2.45. The Morgan fingerprint density at radius 2 is 2.05 bits per heavy atom. The first-order valence-corrected chi connectivity index (χ1v) is 6.34. The molecule has 1 aromatic heterocycles. The Morgan fingerprint density at radius 3 is 2.70 bits per heavy atom. The number of ether oxygens (including phenoxy) is 1. The zero-order chi connectivity index (χ0) is 14.7. The molecule has 104 valence electrons. The first-order chi connectivity index (χ1) is 9.53. The maximum absolute atomic E-state index is 13.6. The smallest absolute Gasteiger partial charge is 0.337 e. The highest BCUT2D eigenvalue weighted by Gasteiger charge is 2.12. The third kappa shape index (κ3) is 3.11. The minimum Gasteiger partial charge on any atom is -0.465 e. The average molecular weight is 295 g/mol. The van der Waals surface area contributed by atoms with E-state index in [1.54, 1.807) is 0 Å². The van der Waals surface area contributed by atoms with E-state index in [4.69, 9.17) is 11.6 Å². The van der Waals surface area contributed by atoms with Crippen molar-refractivity contribution in [2.75, 3.05) is 7.11 Å². The SMILES string of the molecule is CCc1nc(Cl)cc(-c2cc(F)cc(C(=O)OC)c2)n1. The van der Waals surface area contributed by atoms with E-state index < -0.39 is 11.8 Å².